The summed E-state index contributed by atoms with van der Waals surface area (Å²) in [6.45, 7) is 4.36. The van der Waals surface area contributed by atoms with Gasteiger partial charge in [0.2, 0.25) is 0 Å². The summed E-state index contributed by atoms with van der Waals surface area (Å²) in [6.07, 6.45) is 5.77. The lowest BCUT2D eigenvalue weighted by Gasteiger charge is -2.36. The predicted molar refractivity (Wildman–Crippen MR) is 145 cm³/mol. The zero-order valence-corrected chi connectivity index (χ0v) is 21.5. The fraction of sp³-hybridized carbons (Fsp3) is 0.345. The van der Waals surface area contributed by atoms with E-state index in [2.05, 4.69) is 51.6 Å². The first kappa shape index (κ1) is 24.0. The number of hydrogen-bond donors (Lipinski definition) is 1. The number of nitrogens with zero attached hydrogens (tertiary/aromatic N) is 5. The van der Waals surface area contributed by atoms with Gasteiger partial charge in [0, 0.05) is 55.6 Å². The lowest BCUT2D eigenvalue weighted by atomic mass is 9.88. The van der Waals surface area contributed by atoms with Crippen molar-refractivity contribution in [2.24, 2.45) is 7.05 Å². The van der Waals surface area contributed by atoms with Gasteiger partial charge in [-0.15, -0.1) is 0 Å². The molecule has 7 nitrogen and oxygen atoms in total. The van der Waals surface area contributed by atoms with Gasteiger partial charge in [-0.1, -0.05) is 12.1 Å². The van der Waals surface area contributed by atoms with Crippen molar-refractivity contribution in [3.63, 3.8) is 0 Å². The first-order chi connectivity index (χ1) is 17.3. The summed E-state index contributed by atoms with van der Waals surface area (Å²) in [7, 11) is 5.67. The van der Waals surface area contributed by atoms with Crippen molar-refractivity contribution >= 4 is 22.6 Å². The molecule has 0 unspecified atom stereocenters. The first-order valence-electron chi connectivity index (χ1n) is 12.6. The number of piperidine rings is 1. The molecule has 7 heteroatoms. The molecule has 1 aliphatic rings. The second-order valence-electron chi connectivity index (χ2n) is 10.0. The van der Waals surface area contributed by atoms with Crippen molar-refractivity contribution in [1.29, 1.82) is 0 Å². The highest BCUT2D eigenvalue weighted by Gasteiger charge is 2.27. The normalized spacial score (nSPS) is 15.8. The SMILES string of the molecule is C[C@@H](c1cc2c(-c3ccc(N)cn3)ccnc2n1C)N1CCC(c2ccc(C(=O)N(C)C)cc2)CC1. The summed E-state index contributed by atoms with van der Waals surface area (Å²) in [5, 5.41) is 1.11. The van der Waals surface area contributed by atoms with Crippen LogP contribution in [-0.2, 0) is 7.05 Å². The molecule has 1 atom stereocenters. The lowest BCUT2D eigenvalue weighted by molar-refractivity contribution is 0.0827. The Labute approximate surface area is 212 Å². The van der Waals surface area contributed by atoms with Crippen LogP contribution < -0.4 is 5.73 Å². The maximum Gasteiger partial charge on any atom is 0.253 e. The second kappa shape index (κ2) is 9.74. The van der Waals surface area contributed by atoms with Crippen LogP contribution in [-0.4, -0.2) is 57.4 Å². The standard InChI is InChI=1S/C29H34N6O/c1-19(35-15-12-21(13-16-35)20-5-7-22(8-6-20)29(36)33(2)3)27-17-25-24(11-14-31-28(25)34(27)4)26-10-9-23(30)18-32-26/h5-11,14,17-19,21H,12-13,15-16,30H2,1-4H3/t19-/m0/s1. The quantitative estimate of drug-likeness (QED) is 0.439. The number of fused-ring (bicyclic) bond motifs is 1. The number of likely N-dealkylation sites (tertiary alicyclic amines) is 1. The molecule has 2 N–H and O–H groups in total. The van der Waals surface area contributed by atoms with Gasteiger partial charge in [0.25, 0.3) is 5.91 Å². The number of aryl methyl sites for hydroxylation is 1. The molecule has 0 radical (unpaired) electrons. The number of amides is 1. The molecule has 1 aromatic carbocycles. The van der Waals surface area contributed by atoms with Crippen molar-refractivity contribution < 1.29 is 4.79 Å². The van der Waals surface area contributed by atoms with Gasteiger partial charge in [-0.3, -0.25) is 14.7 Å². The number of pyridine rings is 2. The van der Waals surface area contributed by atoms with Crippen LogP contribution in [0.5, 0.6) is 0 Å². The third kappa shape index (κ3) is 4.46. The van der Waals surface area contributed by atoms with Crippen LogP contribution in [0.3, 0.4) is 0 Å². The first-order valence-corrected chi connectivity index (χ1v) is 12.6. The molecule has 0 bridgehead atoms. The molecular formula is C29H34N6O. The van der Waals surface area contributed by atoms with Gasteiger partial charge < -0.3 is 15.2 Å². The Morgan fingerprint density at radius 3 is 2.42 bits per heavy atom. The highest BCUT2D eigenvalue weighted by molar-refractivity contribution is 5.94. The number of rotatable bonds is 5. The van der Waals surface area contributed by atoms with Gasteiger partial charge in [-0.25, -0.2) is 4.98 Å². The lowest BCUT2D eigenvalue weighted by Crippen LogP contribution is -2.35. The fourth-order valence-corrected chi connectivity index (χ4v) is 5.39. The van der Waals surface area contributed by atoms with Crippen molar-refractivity contribution in [2.45, 2.75) is 31.7 Å². The van der Waals surface area contributed by atoms with Crippen LogP contribution in [0, 0.1) is 0 Å². The average Bonchev–Trinajstić information content (AvgIpc) is 3.25. The number of aromatic nitrogens is 3. The Bertz CT molecular complexity index is 1370. The molecule has 5 rings (SSSR count). The Hall–Kier alpha value is -3.71. The van der Waals surface area contributed by atoms with E-state index in [1.807, 2.05) is 36.5 Å². The second-order valence-corrected chi connectivity index (χ2v) is 10.0. The number of nitrogens with two attached hydrogens (primary N) is 1. The van der Waals surface area contributed by atoms with Crippen LogP contribution in [0.2, 0.25) is 0 Å². The molecule has 1 aliphatic heterocycles. The topological polar surface area (TPSA) is 80.3 Å². The third-order valence-corrected chi connectivity index (χ3v) is 7.57. The molecule has 0 saturated carbocycles. The van der Waals surface area contributed by atoms with E-state index in [1.165, 1.54) is 11.3 Å². The van der Waals surface area contributed by atoms with E-state index in [0.29, 0.717) is 11.6 Å². The van der Waals surface area contributed by atoms with E-state index in [-0.39, 0.29) is 11.9 Å². The van der Waals surface area contributed by atoms with Crippen molar-refractivity contribution in [2.75, 3.05) is 32.9 Å². The van der Waals surface area contributed by atoms with Crippen LogP contribution >= 0.6 is 0 Å². The zero-order valence-electron chi connectivity index (χ0n) is 21.5. The number of benzene rings is 1. The molecule has 0 aliphatic carbocycles. The fourth-order valence-electron chi connectivity index (χ4n) is 5.39. The number of anilines is 1. The van der Waals surface area contributed by atoms with Gasteiger partial charge in [-0.05, 0) is 80.7 Å². The summed E-state index contributed by atoms with van der Waals surface area (Å²) < 4.78 is 2.22. The molecule has 36 heavy (non-hydrogen) atoms. The van der Waals surface area contributed by atoms with Crippen molar-refractivity contribution in [3.8, 4) is 11.3 Å². The highest BCUT2D eigenvalue weighted by Crippen LogP contribution is 2.35. The maximum absolute atomic E-state index is 12.2. The van der Waals surface area contributed by atoms with E-state index in [4.69, 9.17) is 5.73 Å². The highest BCUT2D eigenvalue weighted by atomic mass is 16.2. The maximum atomic E-state index is 12.2. The van der Waals surface area contributed by atoms with Crippen molar-refractivity contribution in [3.05, 3.63) is 77.7 Å². The van der Waals surface area contributed by atoms with Crippen LogP contribution in [0.25, 0.3) is 22.3 Å². The molecular weight excluding hydrogens is 448 g/mol. The summed E-state index contributed by atoms with van der Waals surface area (Å²) in [4.78, 5) is 25.6. The third-order valence-electron chi connectivity index (χ3n) is 7.57. The average molecular weight is 483 g/mol. The Morgan fingerprint density at radius 1 is 1.06 bits per heavy atom. The molecule has 4 heterocycles. The van der Waals surface area contributed by atoms with Crippen molar-refractivity contribution in [1.82, 2.24) is 24.3 Å². The van der Waals surface area contributed by atoms with Gasteiger partial charge in [0.05, 0.1) is 17.6 Å². The van der Waals surface area contributed by atoms with E-state index in [1.54, 1.807) is 25.2 Å². The van der Waals surface area contributed by atoms with E-state index in [9.17, 15) is 4.79 Å². The smallest absolute Gasteiger partial charge is 0.253 e. The molecule has 186 valence electrons. The Balaban J connectivity index is 1.32. The number of carbonyl (C=O) groups is 1. The predicted octanol–water partition coefficient (Wildman–Crippen LogP) is 4.86. The Morgan fingerprint density at radius 2 is 1.78 bits per heavy atom. The minimum atomic E-state index is 0.0463. The summed E-state index contributed by atoms with van der Waals surface area (Å²) in [5.74, 6) is 0.569. The van der Waals surface area contributed by atoms with Crippen LogP contribution in [0.4, 0.5) is 5.69 Å². The summed E-state index contributed by atoms with van der Waals surface area (Å²) in [5.41, 5.74) is 12.8. The monoisotopic (exact) mass is 482 g/mol. The molecule has 4 aromatic rings. The summed E-state index contributed by atoms with van der Waals surface area (Å²) >= 11 is 0. The molecule has 1 amide bonds. The Kier molecular flexibility index (Phi) is 6.49. The molecule has 1 saturated heterocycles. The van der Waals surface area contributed by atoms with Crippen LogP contribution in [0.1, 0.15) is 53.3 Å². The van der Waals surface area contributed by atoms with Gasteiger partial charge in [-0.2, -0.15) is 0 Å². The summed E-state index contributed by atoms with van der Waals surface area (Å²) in [6, 6.07) is 16.6. The minimum absolute atomic E-state index is 0.0463. The minimum Gasteiger partial charge on any atom is -0.397 e. The van der Waals surface area contributed by atoms with Gasteiger partial charge in [0.15, 0.2) is 0 Å². The zero-order chi connectivity index (χ0) is 25.4. The molecule has 1 fully saturated rings. The van der Waals surface area contributed by atoms with E-state index >= 15 is 0 Å². The van der Waals surface area contributed by atoms with E-state index < -0.39 is 0 Å². The largest absolute Gasteiger partial charge is 0.397 e. The molecule has 3 aromatic heterocycles. The van der Waals surface area contributed by atoms with Crippen LogP contribution in [0.15, 0.2) is 60.9 Å². The number of carbonyl (C=O) groups excluding carboxylic acids is 1. The number of hydrogen-bond acceptors (Lipinski definition) is 5. The molecule has 0 spiro atoms. The van der Waals surface area contributed by atoms with Gasteiger partial charge >= 0.3 is 0 Å². The number of nitrogen functional groups attached to an aromatic ring is 1. The van der Waals surface area contributed by atoms with Gasteiger partial charge in [0.1, 0.15) is 5.65 Å². The van der Waals surface area contributed by atoms with E-state index in [0.717, 1.165) is 53.8 Å².